The van der Waals surface area contributed by atoms with E-state index in [0.29, 0.717) is 0 Å². The number of pyridine rings is 1. The van der Waals surface area contributed by atoms with Gasteiger partial charge >= 0.3 is 0 Å². The summed E-state index contributed by atoms with van der Waals surface area (Å²) in [7, 11) is 0. The molecular formula is C13H8NO. The number of furan rings is 1. The molecule has 0 aliphatic rings. The van der Waals surface area contributed by atoms with Gasteiger partial charge in [0.25, 0.3) is 0 Å². The van der Waals surface area contributed by atoms with Gasteiger partial charge in [-0.25, -0.2) is 0 Å². The van der Waals surface area contributed by atoms with Crippen LogP contribution in [0.5, 0.6) is 0 Å². The summed E-state index contributed by atoms with van der Waals surface area (Å²) in [5.41, 5.74) is 2.76. The summed E-state index contributed by atoms with van der Waals surface area (Å²) in [4.78, 5) is 4.30. The Labute approximate surface area is 87.2 Å². The van der Waals surface area contributed by atoms with Gasteiger partial charge in [-0.3, -0.25) is 4.98 Å². The highest BCUT2D eigenvalue weighted by atomic mass is 16.3. The summed E-state index contributed by atoms with van der Waals surface area (Å²) >= 11 is 0. The van der Waals surface area contributed by atoms with E-state index in [0.717, 1.165) is 22.2 Å². The SMILES string of the molecule is [c]1cc(-c2ccccn2)c2occc2c1. The fourth-order valence-electron chi connectivity index (χ4n) is 1.64. The minimum atomic E-state index is 0.868. The van der Waals surface area contributed by atoms with E-state index in [9.17, 15) is 0 Å². The van der Waals surface area contributed by atoms with Crippen LogP contribution in [0.1, 0.15) is 0 Å². The molecule has 0 bridgehead atoms. The van der Waals surface area contributed by atoms with Gasteiger partial charge in [-0.05, 0) is 36.4 Å². The first-order chi connectivity index (χ1) is 7.45. The number of benzene rings is 1. The summed E-state index contributed by atoms with van der Waals surface area (Å²) in [5.74, 6) is 0. The monoisotopic (exact) mass is 194 g/mol. The molecule has 0 saturated heterocycles. The van der Waals surface area contributed by atoms with Gasteiger partial charge in [-0.15, -0.1) is 0 Å². The van der Waals surface area contributed by atoms with E-state index in [1.54, 1.807) is 12.5 Å². The summed E-state index contributed by atoms with van der Waals surface area (Å²) in [5, 5.41) is 1.05. The Kier molecular flexibility index (Phi) is 1.78. The normalized spacial score (nSPS) is 10.7. The highest BCUT2D eigenvalue weighted by Gasteiger charge is 2.06. The number of nitrogens with zero attached hydrogens (tertiary/aromatic N) is 1. The summed E-state index contributed by atoms with van der Waals surface area (Å²) in [6, 6.07) is 14.6. The van der Waals surface area contributed by atoms with Gasteiger partial charge in [0, 0.05) is 17.1 Å². The van der Waals surface area contributed by atoms with E-state index in [1.807, 2.05) is 36.4 Å². The first kappa shape index (κ1) is 8.24. The third-order valence-corrected chi connectivity index (χ3v) is 2.35. The predicted octanol–water partition coefficient (Wildman–Crippen LogP) is 3.29. The molecule has 3 aromatic rings. The van der Waals surface area contributed by atoms with Crippen molar-refractivity contribution in [3.63, 3.8) is 0 Å². The Bertz CT molecular complexity index is 584. The van der Waals surface area contributed by atoms with E-state index in [1.165, 1.54) is 0 Å². The topological polar surface area (TPSA) is 26.0 Å². The average molecular weight is 194 g/mol. The van der Waals surface area contributed by atoms with Crippen molar-refractivity contribution in [2.45, 2.75) is 0 Å². The number of hydrogen-bond donors (Lipinski definition) is 0. The smallest absolute Gasteiger partial charge is 0.143 e. The molecule has 2 nitrogen and oxygen atoms in total. The molecule has 0 aliphatic heterocycles. The Morgan fingerprint density at radius 1 is 1.13 bits per heavy atom. The second-order valence-corrected chi connectivity index (χ2v) is 3.29. The fourth-order valence-corrected chi connectivity index (χ4v) is 1.64. The molecule has 71 valence electrons. The molecule has 0 atom stereocenters. The van der Waals surface area contributed by atoms with E-state index in [2.05, 4.69) is 11.1 Å². The van der Waals surface area contributed by atoms with Crippen LogP contribution in [0.25, 0.3) is 22.2 Å². The summed E-state index contributed by atoms with van der Waals surface area (Å²) in [6.07, 6.45) is 3.46. The van der Waals surface area contributed by atoms with Gasteiger partial charge in [0.15, 0.2) is 0 Å². The lowest BCUT2D eigenvalue weighted by Gasteiger charge is -2.00. The third kappa shape index (κ3) is 1.31. The van der Waals surface area contributed by atoms with Crippen molar-refractivity contribution in [2.24, 2.45) is 0 Å². The van der Waals surface area contributed by atoms with Crippen LogP contribution < -0.4 is 0 Å². The molecule has 0 unspecified atom stereocenters. The largest absolute Gasteiger partial charge is 0.464 e. The highest BCUT2D eigenvalue weighted by molar-refractivity contribution is 5.91. The van der Waals surface area contributed by atoms with E-state index in [4.69, 9.17) is 4.42 Å². The molecule has 2 heterocycles. The zero-order valence-electron chi connectivity index (χ0n) is 7.97. The van der Waals surface area contributed by atoms with Gasteiger partial charge in [0.1, 0.15) is 5.58 Å². The Morgan fingerprint density at radius 2 is 2.13 bits per heavy atom. The molecule has 15 heavy (non-hydrogen) atoms. The van der Waals surface area contributed by atoms with Crippen molar-refractivity contribution in [1.29, 1.82) is 0 Å². The maximum Gasteiger partial charge on any atom is 0.143 e. The van der Waals surface area contributed by atoms with Gasteiger partial charge in [0.2, 0.25) is 0 Å². The van der Waals surface area contributed by atoms with Crippen LogP contribution in [-0.2, 0) is 0 Å². The standard InChI is InChI=1S/C13H8NO/c1-2-8-14-12(6-1)11-5-3-4-10-7-9-15-13(10)11/h1-2,4-9H. The summed E-state index contributed by atoms with van der Waals surface area (Å²) in [6.45, 7) is 0. The van der Waals surface area contributed by atoms with Crippen molar-refractivity contribution < 1.29 is 4.42 Å². The van der Waals surface area contributed by atoms with Crippen molar-refractivity contribution in [3.8, 4) is 11.3 Å². The first-order valence-electron chi connectivity index (χ1n) is 4.74. The van der Waals surface area contributed by atoms with Crippen LogP contribution in [0.2, 0.25) is 0 Å². The van der Waals surface area contributed by atoms with Crippen LogP contribution in [0.4, 0.5) is 0 Å². The van der Waals surface area contributed by atoms with Gasteiger partial charge < -0.3 is 4.42 Å². The van der Waals surface area contributed by atoms with Crippen LogP contribution in [0, 0.1) is 6.07 Å². The zero-order chi connectivity index (χ0) is 10.1. The minimum Gasteiger partial charge on any atom is -0.464 e. The molecule has 0 amide bonds. The number of hydrogen-bond acceptors (Lipinski definition) is 2. The lowest BCUT2D eigenvalue weighted by atomic mass is 10.1. The van der Waals surface area contributed by atoms with E-state index >= 15 is 0 Å². The third-order valence-electron chi connectivity index (χ3n) is 2.35. The lowest BCUT2D eigenvalue weighted by Crippen LogP contribution is -1.81. The Balaban J connectivity index is 2.31. The molecule has 3 rings (SSSR count). The van der Waals surface area contributed by atoms with Gasteiger partial charge in [-0.2, -0.15) is 0 Å². The van der Waals surface area contributed by atoms with Crippen molar-refractivity contribution in [2.75, 3.05) is 0 Å². The maximum atomic E-state index is 5.44. The van der Waals surface area contributed by atoms with Gasteiger partial charge in [0.05, 0.1) is 12.0 Å². The molecule has 0 N–H and O–H groups in total. The second kappa shape index (κ2) is 3.24. The Hall–Kier alpha value is -2.09. The lowest BCUT2D eigenvalue weighted by molar-refractivity contribution is 0.616. The predicted molar refractivity (Wildman–Crippen MR) is 58.3 cm³/mol. The number of aromatic nitrogens is 1. The molecule has 2 heteroatoms. The summed E-state index contributed by atoms with van der Waals surface area (Å²) < 4.78 is 5.44. The van der Waals surface area contributed by atoms with E-state index < -0.39 is 0 Å². The molecule has 1 radical (unpaired) electrons. The van der Waals surface area contributed by atoms with Crippen LogP contribution in [-0.4, -0.2) is 4.98 Å². The quantitative estimate of drug-likeness (QED) is 0.594. The molecule has 1 aromatic carbocycles. The van der Waals surface area contributed by atoms with E-state index in [-0.39, 0.29) is 0 Å². The minimum absolute atomic E-state index is 0.868. The number of rotatable bonds is 1. The fraction of sp³-hybridized carbons (Fsp3) is 0. The number of fused-ring (bicyclic) bond motifs is 1. The molecule has 0 saturated carbocycles. The van der Waals surface area contributed by atoms with Crippen molar-refractivity contribution >= 4 is 11.0 Å². The molecule has 0 aliphatic carbocycles. The second-order valence-electron chi connectivity index (χ2n) is 3.29. The highest BCUT2D eigenvalue weighted by Crippen LogP contribution is 2.27. The van der Waals surface area contributed by atoms with Crippen molar-refractivity contribution in [3.05, 3.63) is 54.9 Å². The van der Waals surface area contributed by atoms with Gasteiger partial charge in [-0.1, -0.05) is 6.07 Å². The molecule has 2 aromatic heterocycles. The van der Waals surface area contributed by atoms with Crippen LogP contribution >= 0.6 is 0 Å². The van der Waals surface area contributed by atoms with Crippen molar-refractivity contribution in [1.82, 2.24) is 4.98 Å². The Morgan fingerprint density at radius 3 is 3.00 bits per heavy atom. The van der Waals surface area contributed by atoms with Crippen LogP contribution in [0.15, 0.2) is 53.3 Å². The molecule has 0 fully saturated rings. The molecular weight excluding hydrogens is 186 g/mol. The first-order valence-corrected chi connectivity index (χ1v) is 4.74. The molecule has 0 spiro atoms. The maximum absolute atomic E-state index is 5.44. The average Bonchev–Trinajstić information content (AvgIpc) is 2.78. The van der Waals surface area contributed by atoms with Crippen LogP contribution in [0.3, 0.4) is 0 Å². The zero-order valence-corrected chi connectivity index (χ0v) is 7.97.